The van der Waals surface area contributed by atoms with E-state index in [4.69, 9.17) is 0 Å². The molecule has 0 aromatic heterocycles. The molecule has 0 heterocycles. The van der Waals surface area contributed by atoms with E-state index < -0.39 is 7.26 Å². The van der Waals surface area contributed by atoms with Crippen molar-refractivity contribution in [2.75, 3.05) is 0 Å². The molecule has 4 aromatic rings. The first-order chi connectivity index (χ1) is 14.1. The molecule has 0 aliphatic rings. The van der Waals surface area contributed by atoms with Crippen molar-refractivity contribution in [3.05, 3.63) is 125 Å². The highest BCUT2D eigenvalue weighted by molar-refractivity contribution is 7.95. The molecule has 30 heavy (non-hydrogen) atoms. The quantitative estimate of drug-likeness (QED) is 0.390. The number of halogens is 1. The molecule has 152 valence electrons. The van der Waals surface area contributed by atoms with Crippen molar-refractivity contribution in [1.82, 2.24) is 0 Å². The number of hydrogen-bond donors (Lipinski definition) is 0. The first kappa shape index (κ1) is 22.5. The van der Waals surface area contributed by atoms with Crippen molar-refractivity contribution in [2.24, 2.45) is 0 Å². The standard InChI is InChI=1S/C28H28P.BrH/c1-22-19-20-23(2)28(24(22)3)21-29(25-13-7-4-8-14-25,26-15-9-5-10-16-26)27-17-11-6-12-18-27;/h4-20H,21H2,1-3H3;1H/q+1;/p-1. The number of rotatable bonds is 5. The van der Waals surface area contributed by atoms with Gasteiger partial charge < -0.3 is 17.0 Å². The summed E-state index contributed by atoms with van der Waals surface area (Å²) in [5.41, 5.74) is 5.69. The molecule has 0 fully saturated rings. The predicted octanol–water partition coefficient (Wildman–Crippen LogP) is 3.11. The third-order valence-electron chi connectivity index (χ3n) is 6.09. The van der Waals surface area contributed by atoms with Crippen molar-refractivity contribution in [3.8, 4) is 0 Å². The summed E-state index contributed by atoms with van der Waals surface area (Å²) in [6, 6.07) is 38.0. The van der Waals surface area contributed by atoms with Gasteiger partial charge in [0.1, 0.15) is 23.2 Å². The fourth-order valence-corrected chi connectivity index (χ4v) is 8.70. The van der Waals surface area contributed by atoms with Gasteiger partial charge in [0.2, 0.25) is 0 Å². The normalized spacial score (nSPS) is 11.0. The Morgan fingerprint density at radius 2 is 0.867 bits per heavy atom. The van der Waals surface area contributed by atoms with Gasteiger partial charge in [0.05, 0.1) is 6.16 Å². The van der Waals surface area contributed by atoms with E-state index in [0.717, 1.165) is 6.16 Å². The van der Waals surface area contributed by atoms with Crippen molar-refractivity contribution in [1.29, 1.82) is 0 Å². The van der Waals surface area contributed by atoms with Gasteiger partial charge in [0, 0.05) is 0 Å². The zero-order valence-electron chi connectivity index (χ0n) is 17.8. The van der Waals surface area contributed by atoms with E-state index in [9.17, 15) is 0 Å². The lowest BCUT2D eigenvalue weighted by molar-refractivity contribution is -0.00000585. The van der Waals surface area contributed by atoms with E-state index in [0.29, 0.717) is 0 Å². The maximum Gasteiger partial charge on any atom is 0.116 e. The van der Waals surface area contributed by atoms with Gasteiger partial charge in [0.25, 0.3) is 0 Å². The highest BCUT2D eigenvalue weighted by Gasteiger charge is 2.45. The first-order valence-electron chi connectivity index (χ1n) is 10.2. The molecule has 0 spiro atoms. The second-order valence-electron chi connectivity index (χ2n) is 7.78. The van der Waals surface area contributed by atoms with E-state index in [1.54, 1.807) is 0 Å². The van der Waals surface area contributed by atoms with Gasteiger partial charge in [-0.2, -0.15) is 0 Å². The summed E-state index contributed by atoms with van der Waals surface area (Å²) in [7, 11) is -1.85. The largest absolute Gasteiger partial charge is 1.00 e. The van der Waals surface area contributed by atoms with Crippen LogP contribution in [0.1, 0.15) is 22.3 Å². The van der Waals surface area contributed by atoms with Gasteiger partial charge in [0.15, 0.2) is 0 Å². The SMILES string of the molecule is Cc1ccc(C)c(C[P+](c2ccccc2)(c2ccccc2)c2ccccc2)c1C.[Br-]. The lowest BCUT2D eigenvalue weighted by atomic mass is 10.00. The molecule has 0 aliphatic heterocycles. The molecule has 0 bridgehead atoms. The summed E-state index contributed by atoms with van der Waals surface area (Å²) in [5, 5.41) is 4.33. The van der Waals surface area contributed by atoms with Crippen LogP contribution >= 0.6 is 7.26 Å². The molecule has 0 saturated heterocycles. The fourth-order valence-electron chi connectivity index (χ4n) is 4.26. The van der Waals surface area contributed by atoms with Gasteiger partial charge in [-0.15, -0.1) is 0 Å². The second-order valence-corrected chi connectivity index (χ2v) is 11.3. The minimum absolute atomic E-state index is 0. The van der Waals surface area contributed by atoms with E-state index >= 15 is 0 Å². The van der Waals surface area contributed by atoms with E-state index in [1.807, 2.05) is 0 Å². The molecular formula is C28H28BrP. The topological polar surface area (TPSA) is 0 Å². The molecule has 0 unspecified atom stereocenters. The lowest BCUT2D eigenvalue weighted by Gasteiger charge is -2.29. The minimum atomic E-state index is -1.85. The van der Waals surface area contributed by atoms with Crippen LogP contribution in [-0.4, -0.2) is 0 Å². The van der Waals surface area contributed by atoms with Gasteiger partial charge >= 0.3 is 0 Å². The van der Waals surface area contributed by atoms with Gasteiger partial charge in [-0.25, -0.2) is 0 Å². The molecule has 0 nitrogen and oxygen atoms in total. The monoisotopic (exact) mass is 474 g/mol. The van der Waals surface area contributed by atoms with Crippen LogP contribution in [0.4, 0.5) is 0 Å². The molecule has 4 rings (SSSR count). The van der Waals surface area contributed by atoms with Crippen molar-refractivity contribution in [3.63, 3.8) is 0 Å². The Balaban J connectivity index is 0.00000256. The van der Waals surface area contributed by atoms with Crippen molar-refractivity contribution in [2.45, 2.75) is 26.9 Å². The van der Waals surface area contributed by atoms with Gasteiger partial charge in [-0.05, 0) is 79.4 Å². The molecular weight excluding hydrogens is 447 g/mol. The van der Waals surface area contributed by atoms with Gasteiger partial charge in [-0.3, -0.25) is 0 Å². The van der Waals surface area contributed by atoms with E-state index in [-0.39, 0.29) is 17.0 Å². The second kappa shape index (κ2) is 9.73. The fraction of sp³-hybridized carbons (Fsp3) is 0.143. The Bertz CT molecular complexity index is 993. The van der Waals surface area contributed by atoms with Crippen LogP contribution < -0.4 is 32.9 Å². The average molecular weight is 475 g/mol. The van der Waals surface area contributed by atoms with Gasteiger partial charge in [-0.1, -0.05) is 66.7 Å². The van der Waals surface area contributed by atoms with Crippen LogP contribution in [0.5, 0.6) is 0 Å². The maximum atomic E-state index is 2.33. The average Bonchev–Trinajstić information content (AvgIpc) is 2.79. The zero-order chi connectivity index (χ0) is 20.3. The summed E-state index contributed by atoms with van der Waals surface area (Å²) in [4.78, 5) is 0. The third-order valence-corrected chi connectivity index (χ3v) is 10.4. The predicted molar refractivity (Wildman–Crippen MR) is 130 cm³/mol. The maximum absolute atomic E-state index is 2.33. The van der Waals surface area contributed by atoms with E-state index in [1.165, 1.54) is 38.2 Å². The molecule has 2 heteroatoms. The molecule has 0 atom stereocenters. The molecule has 0 amide bonds. The summed E-state index contributed by atoms with van der Waals surface area (Å²) in [6.07, 6.45) is 1.05. The van der Waals surface area contributed by atoms with Crippen LogP contribution in [0.3, 0.4) is 0 Å². The molecule has 0 aliphatic carbocycles. The number of aryl methyl sites for hydroxylation is 2. The Labute approximate surface area is 192 Å². The molecule has 0 saturated carbocycles. The Morgan fingerprint density at radius 1 is 0.500 bits per heavy atom. The molecule has 0 radical (unpaired) electrons. The van der Waals surface area contributed by atoms with Crippen LogP contribution in [0.15, 0.2) is 103 Å². The summed E-state index contributed by atoms with van der Waals surface area (Å²) < 4.78 is 0. The molecule has 0 N–H and O–H groups in total. The smallest absolute Gasteiger partial charge is 0.116 e. The highest BCUT2D eigenvalue weighted by Crippen LogP contribution is 2.58. The Kier molecular flexibility index (Phi) is 7.29. The van der Waals surface area contributed by atoms with Crippen LogP contribution in [-0.2, 0) is 6.16 Å². The lowest BCUT2D eigenvalue weighted by Crippen LogP contribution is -3.00. The van der Waals surface area contributed by atoms with Crippen LogP contribution in [0.2, 0.25) is 0 Å². The first-order valence-corrected chi connectivity index (χ1v) is 12.2. The highest BCUT2D eigenvalue weighted by atomic mass is 79.9. The summed E-state index contributed by atoms with van der Waals surface area (Å²) >= 11 is 0. The van der Waals surface area contributed by atoms with Crippen molar-refractivity contribution < 1.29 is 17.0 Å². The summed E-state index contributed by atoms with van der Waals surface area (Å²) in [5.74, 6) is 0. The van der Waals surface area contributed by atoms with Crippen LogP contribution in [0.25, 0.3) is 0 Å². The Hall–Kier alpha value is -2.21. The summed E-state index contributed by atoms with van der Waals surface area (Å²) in [6.45, 7) is 6.77. The third kappa shape index (κ3) is 4.15. The minimum Gasteiger partial charge on any atom is -1.00 e. The zero-order valence-corrected chi connectivity index (χ0v) is 20.3. The van der Waals surface area contributed by atoms with Crippen molar-refractivity contribution >= 4 is 23.2 Å². The number of benzene rings is 4. The van der Waals surface area contributed by atoms with E-state index in [2.05, 4.69) is 124 Å². The Morgan fingerprint density at radius 3 is 1.27 bits per heavy atom. The van der Waals surface area contributed by atoms with Crippen LogP contribution in [0, 0.1) is 20.8 Å². The molecule has 4 aromatic carbocycles. The number of hydrogen-bond acceptors (Lipinski definition) is 0.